The third-order valence-corrected chi connectivity index (χ3v) is 3.21. The summed E-state index contributed by atoms with van der Waals surface area (Å²) in [6.45, 7) is 1.63. The third-order valence-electron chi connectivity index (χ3n) is 1.50. The van der Waals surface area contributed by atoms with E-state index in [-0.39, 0.29) is 0 Å². The van der Waals surface area contributed by atoms with Crippen molar-refractivity contribution in [2.45, 2.75) is 6.92 Å². The van der Waals surface area contributed by atoms with Crippen LogP contribution in [0.2, 0.25) is 0 Å². The second-order valence-corrected chi connectivity index (χ2v) is 5.29. The predicted molar refractivity (Wildman–Crippen MR) is 71.9 cm³/mol. The molecule has 0 atom stereocenters. The van der Waals surface area contributed by atoms with Crippen LogP contribution in [0.25, 0.3) is 0 Å². The quantitative estimate of drug-likeness (QED) is 0.600. The van der Waals surface area contributed by atoms with Crippen LogP contribution in [0.15, 0.2) is 30.7 Å². The van der Waals surface area contributed by atoms with Crippen LogP contribution >= 0.6 is 47.8 Å². The lowest BCUT2D eigenvalue weighted by atomic mass is 10.3. The average molecular weight is 396 g/mol. The molecule has 1 aromatic rings. The fourth-order valence-corrected chi connectivity index (χ4v) is 3.25. The van der Waals surface area contributed by atoms with Gasteiger partial charge in [0.25, 0.3) is 0 Å². The van der Waals surface area contributed by atoms with Crippen LogP contribution in [-0.2, 0) is 0 Å². The highest BCUT2D eigenvalue weighted by Gasteiger charge is 2.05. The van der Waals surface area contributed by atoms with Gasteiger partial charge in [0.05, 0.1) is 5.69 Å². The maximum Gasteiger partial charge on any atom is 0.134 e. The molecule has 1 aromatic carbocycles. The number of hydrazone groups is 1. The van der Waals surface area contributed by atoms with Gasteiger partial charge in [0.1, 0.15) is 11.8 Å². The first-order valence-corrected chi connectivity index (χ1v) is 6.27. The fourth-order valence-electron chi connectivity index (χ4n) is 0.814. The highest BCUT2D eigenvalue weighted by Crippen LogP contribution is 2.34. The smallest absolute Gasteiger partial charge is 0.134 e. The van der Waals surface area contributed by atoms with E-state index in [2.05, 4.69) is 58.3 Å². The zero-order valence-electron chi connectivity index (χ0n) is 7.68. The molecule has 0 saturated carbocycles. The summed E-state index contributed by atoms with van der Waals surface area (Å²) in [6.07, 6.45) is 0. The topological polar surface area (TPSA) is 48.2 Å². The molecule has 0 saturated heterocycles. The Morgan fingerprint density at radius 2 is 1.87 bits per heavy atom. The van der Waals surface area contributed by atoms with Crippen LogP contribution in [0, 0.1) is 11.3 Å². The van der Waals surface area contributed by atoms with Crippen molar-refractivity contribution < 1.29 is 0 Å². The number of hydrogen-bond acceptors (Lipinski definition) is 3. The molecule has 0 unspecified atom stereocenters. The van der Waals surface area contributed by atoms with Gasteiger partial charge in [-0.15, -0.1) is 0 Å². The Bertz CT molecular complexity index is 425. The first-order valence-electron chi connectivity index (χ1n) is 3.89. The lowest BCUT2D eigenvalue weighted by Crippen LogP contribution is -1.96. The zero-order chi connectivity index (χ0) is 11.4. The van der Waals surface area contributed by atoms with Gasteiger partial charge in [0.15, 0.2) is 0 Å². The average Bonchev–Trinajstić information content (AvgIpc) is 2.15. The Kier molecular flexibility index (Phi) is 4.77. The molecule has 0 aromatic heterocycles. The van der Waals surface area contributed by atoms with E-state index in [0.29, 0.717) is 5.71 Å². The summed E-state index contributed by atoms with van der Waals surface area (Å²) in [7, 11) is 0. The van der Waals surface area contributed by atoms with Gasteiger partial charge in [-0.05, 0) is 50.9 Å². The fraction of sp³-hybridized carbons (Fsp3) is 0.111. The number of halogens is 3. The SMILES string of the molecule is CC(C#N)=NNc1c(Br)cc(Br)cc1Br. The number of rotatable bonds is 2. The molecule has 0 aliphatic rings. The van der Waals surface area contributed by atoms with Crippen molar-refractivity contribution >= 4 is 59.2 Å². The van der Waals surface area contributed by atoms with Crippen LogP contribution in [0.5, 0.6) is 0 Å². The Balaban J connectivity index is 3.02. The van der Waals surface area contributed by atoms with Gasteiger partial charge in [0, 0.05) is 13.4 Å². The molecule has 0 amide bonds. The molecule has 0 aliphatic carbocycles. The maximum atomic E-state index is 8.54. The lowest BCUT2D eigenvalue weighted by Gasteiger charge is -2.07. The molecule has 0 bridgehead atoms. The minimum atomic E-state index is 0.372. The van der Waals surface area contributed by atoms with Crippen molar-refractivity contribution in [1.29, 1.82) is 5.26 Å². The molecule has 0 spiro atoms. The Hall–Kier alpha value is -0.380. The van der Waals surface area contributed by atoms with Gasteiger partial charge in [-0.2, -0.15) is 10.4 Å². The minimum Gasteiger partial charge on any atom is -0.275 e. The van der Waals surface area contributed by atoms with Gasteiger partial charge >= 0.3 is 0 Å². The lowest BCUT2D eigenvalue weighted by molar-refractivity contribution is 1.30. The Morgan fingerprint density at radius 1 is 1.33 bits per heavy atom. The van der Waals surface area contributed by atoms with Crippen LogP contribution < -0.4 is 5.43 Å². The zero-order valence-corrected chi connectivity index (χ0v) is 12.4. The number of benzene rings is 1. The van der Waals surface area contributed by atoms with Crippen LogP contribution in [0.3, 0.4) is 0 Å². The van der Waals surface area contributed by atoms with Crippen LogP contribution in [0.1, 0.15) is 6.92 Å². The minimum absolute atomic E-state index is 0.372. The van der Waals surface area contributed by atoms with Gasteiger partial charge in [-0.3, -0.25) is 5.43 Å². The van der Waals surface area contributed by atoms with E-state index in [4.69, 9.17) is 5.26 Å². The van der Waals surface area contributed by atoms with Crippen molar-refractivity contribution in [3.8, 4) is 6.07 Å². The number of anilines is 1. The number of hydrogen-bond donors (Lipinski definition) is 1. The molecule has 6 heteroatoms. The molecule has 1 rings (SSSR count). The number of nitrogens with zero attached hydrogens (tertiary/aromatic N) is 2. The summed E-state index contributed by atoms with van der Waals surface area (Å²) >= 11 is 10.2. The molecule has 3 nitrogen and oxygen atoms in total. The first-order chi connectivity index (χ1) is 7.04. The molecule has 0 heterocycles. The summed E-state index contributed by atoms with van der Waals surface area (Å²) in [5, 5.41) is 12.4. The Labute approximate surface area is 113 Å². The highest BCUT2D eigenvalue weighted by atomic mass is 79.9. The molecule has 78 valence electrons. The van der Waals surface area contributed by atoms with Crippen molar-refractivity contribution in [3.05, 3.63) is 25.6 Å². The van der Waals surface area contributed by atoms with Crippen LogP contribution in [-0.4, -0.2) is 5.71 Å². The molecule has 0 radical (unpaired) electrons. The molecule has 0 fully saturated rings. The summed E-state index contributed by atoms with van der Waals surface area (Å²) < 4.78 is 2.67. The molecule has 1 N–H and O–H groups in total. The monoisotopic (exact) mass is 393 g/mol. The second-order valence-electron chi connectivity index (χ2n) is 2.67. The first kappa shape index (κ1) is 12.7. The normalized spacial score (nSPS) is 11.0. The van der Waals surface area contributed by atoms with Crippen LogP contribution in [0.4, 0.5) is 5.69 Å². The van der Waals surface area contributed by atoms with Gasteiger partial charge in [-0.25, -0.2) is 0 Å². The van der Waals surface area contributed by atoms with E-state index in [1.165, 1.54) is 0 Å². The number of nitriles is 1. The van der Waals surface area contributed by atoms with Gasteiger partial charge < -0.3 is 0 Å². The summed E-state index contributed by atoms with van der Waals surface area (Å²) in [5.74, 6) is 0. The summed E-state index contributed by atoms with van der Waals surface area (Å²) in [5.41, 5.74) is 3.97. The molecule has 15 heavy (non-hydrogen) atoms. The summed E-state index contributed by atoms with van der Waals surface area (Å²) in [6, 6.07) is 5.72. The van der Waals surface area contributed by atoms with E-state index in [0.717, 1.165) is 19.1 Å². The molecular weight excluding hydrogens is 390 g/mol. The Morgan fingerprint density at radius 3 is 2.33 bits per heavy atom. The van der Waals surface area contributed by atoms with Crippen molar-refractivity contribution in [2.75, 3.05) is 5.43 Å². The highest BCUT2D eigenvalue weighted by molar-refractivity contribution is 9.11. The van der Waals surface area contributed by atoms with E-state index < -0.39 is 0 Å². The van der Waals surface area contributed by atoms with Gasteiger partial charge in [-0.1, -0.05) is 15.9 Å². The van der Waals surface area contributed by atoms with E-state index >= 15 is 0 Å². The maximum absolute atomic E-state index is 8.54. The van der Waals surface area contributed by atoms with E-state index in [9.17, 15) is 0 Å². The van der Waals surface area contributed by atoms with Crippen molar-refractivity contribution in [2.24, 2.45) is 5.10 Å². The van der Waals surface area contributed by atoms with Gasteiger partial charge in [0.2, 0.25) is 0 Å². The largest absolute Gasteiger partial charge is 0.275 e. The van der Waals surface area contributed by atoms with E-state index in [1.807, 2.05) is 18.2 Å². The van der Waals surface area contributed by atoms with E-state index in [1.54, 1.807) is 6.92 Å². The second kappa shape index (κ2) is 5.64. The standard InChI is InChI=1S/C9H6Br3N3/c1-5(4-13)14-15-9-7(11)2-6(10)3-8(9)12/h2-3,15H,1H3. The molecule has 0 aliphatic heterocycles. The number of nitrogens with one attached hydrogen (secondary N) is 1. The van der Waals surface area contributed by atoms with Crippen molar-refractivity contribution in [3.63, 3.8) is 0 Å². The predicted octanol–water partition coefficient (Wildman–Crippen LogP) is 4.29. The molecular formula is C9H6Br3N3. The third kappa shape index (κ3) is 3.59. The van der Waals surface area contributed by atoms with Crippen molar-refractivity contribution in [1.82, 2.24) is 0 Å². The summed E-state index contributed by atoms with van der Waals surface area (Å²) in [4.78, 5) is 0.